The minimum Gasteiger partial charge on any atom is -0.261 e. The summed E-state index contributed by atoms with van der Waals surface area (Å²) in [7, 11) is 7.09. The third-order valence-electron chi connectivity index (χ3n) is 3.15. The van der Waals surface area contributed by atoms with Crippen LogP contribution in [0.1, 0.15) is 30.5 Å². The lowest BCUT2D eigenvalue weighted by molar-refractivity contribution is 0.587. The number of pyridine rings is 1. The Bertz CT molecular complexity index is 344. The molecule has 0 fully saturated rings. The van der Waals surface area contributed by atoms with Crippen LogP contribution in [0.3, 0.4) is 0 Å². The van der Waals surface area contributed by atoms with Gasteiger partial charge in [0.25, 0.3) is 0 Å². The molecule has 2 rings (SSSR count). The zero-order chi connectivity index (χ0) is 10.8. The lowest BCUT2D eigenvalue weighted by atomic mass is 9.87. The molecule has 1 nitrogen and oxygen atoms in total. The zero-order valence-corrected chi connectivity index (χ0v) is 13.1. The minimum absolute atomic E-state index is 0.107. The molecule has 5 heteroatoms. The van der Waals surface area contributed by atoms with Gasteiger partial charge in [0.15, 0.2) is 0 Å². The van der Waals surface area contributed by atoms with Crippen molar-refractivity contribution < 1.29 is 0 Å². The molecule has 0 amide bonds. The van der Waals surface area contributed by atoms with Gasteiger partial charge in [-0.1, -0.05) is 28.2 Å². The maximum Gasteiger partial charge on any atom is 0.0470 e. The summed E-state index contributed by atoms with van der Waals surface area (Å²) in [6, 6.07) is 4.30. The lowest BCUT2D eigenvalue weighted by Gasteiger charge is -2.33. The summed E-state index contributed by atoms with van der Waals surface area (Å²) >= 11 is 0. The Morgan fingerprint density at radius 1 is 1.60 bits per heavy atom. The number of rotatable bonds is 2. The molecule has 1 aliphatic carbocycles. The molecule has 1 aromatic rings. The summed E-state index contributed by atoms with van der Waals surface area (Å²) in [6.07, 6.45) is 4.50. The lowest BCUT2D eigenvalue weighted by Crippen LogP contribution is -2.21. The van der Waals surface area contributed by atoms with E-state index in [1.807, 2.05) is 6.20 Å². The van der Waals surface area contributed by atoms with Crippen LogP contribution in [0.2, 0.25) is 0 Å². The van der Waals surface area contributed by atoms with E-state index < -0.39 is 0 Å². The highest BCUT2D eigenvalue weighted by Gasteiger charge is 2.30. The molecule has 0 aliphatic heterocycles. The predicted molar refractivity (Wildman–Crippen MR) is 79.4 cm³/mol. The van der Waals surface area contributed by atoms with Crippen LogP contribution in [0.15, 0.2) is 18.3 Å². The van der Waals surface area contributed by atoms with Gasteiger partial charge in [0, 0.05) is 17.8 Å². The van der Waals surface area contributed by atoms with E-state index in [1.165, 1.54) is 24.1 Å². The van der Waals surface area contributed by atoms with Crippen LogP contribution in [-0.2, 0) is 6.42 Å². The summed E-state index contributed by atoms with van der Waals surface area (Å²) in [5, 5.41) is 0. The second-order valence-electron chi connectivity index (χ2n) is 3.98. The van der Waals surface area contributed by atoms with Crippen molar-refractivity contribution in [2.45, 2.75) is 31.3 Å². The summed E-state index contributed by atoms with van der Waals surface area (Å²) in [5.74, 6) is 0.645. The first-order valence-electron chi connectivity index (χ1n) is 5.18. The van der Waals surface area contributed by atoms with E-state index in [9.17, 15) is 0 Å². The monoisotopic (exact) mass is 275 g/mol. The molecule has 0 aromatic carbocycles. The molecule has 1 aliphatic rings. The van der Waals surface area contributed by atoms with Gasteiger partial charge in [-0.25, -0.2) is 0 Å². The Morgan fingerprint density at radius 3 is 3.13 bits per heavy atom. The quantitative estimate of drug-likeness (QED) is 0.739. The van der Waals surface area contributed by atoms with Crippen LogP contribution in [0.5, 0.6) is 0 Å². The molecule has 15 heavy (non-hydrogen) atoms. The second-order valence-corrected chi connectivity index (χ2v) is 13.6. The van der Waals surface area contributed by atoms with Crippen molar-refractivity contribution in [3.8, 4) is 0 Å². The van der Waals surface area contributed by atoms with Gasteiger partial charge >= 0.3 is 0 Å². The third-order valence-corrected chi connectivity index (χ3v) is 14.6. The van der Waals surface area contributed by atoms with E-state index in [0.29, 0.717) is 5.92 Å². The van der Waals surface area contributed by atoms with Crippen LogP contribution in [0.25, 0.3) is 0 Å². The van der Waals surface area contributed by atoms with Gasteiger partial charge in [-0.15, -0.1) is 17.9 Å². The Morgan fingerprint density at radius 2 is 2.40 bits per heavy atom. The highest BCUT2D eigenvalue weighted by atomic mass is 32.6. The van der Waals surface area contributed by atoms with Crippen LogP contribution < -0.4 is 0 Å². The van der Waals surface area contributed by atoms with Crippen LogP contribution in [-0.4, -0.2) is 10.6 Å². The standard InChI is InChI=1S/C10H17NP4/c1-7-9(15(13)14-12)5-4-8-3-2-6-11-10(7)8/h2-3,6-7,9,14H,4-5,12-13H2,1H3/t7-,9+,15?/m1/s1. The van der Waals surface area contributed by atoms with E-state index in [-0.39, 0.29) is 7.30 Å². The molecule has 1 aromatic heterocycles. The first kappa shape index (κ1) is 12.3. The van der Waals surface area contributed by atoms with Crippen molar-refractivity contribution in [1.29, 1.82) is 0 Å². The average molecular weight is 275 g/mol. The Balaban J connectivity index is 2.25. The molecule has 0 radical (unpaired) electrons. The molecule has 6 atom stereocenters. The maximum absolute atomic E-state index is 4.56. The molecular formula is C10H17NP4. The molecular weight excluding hydrogens is 258 g/mol. The van der Waals surface area contributed by atoms with E-state index in [0.717, 1.165) is 13.6 Å². The average Bonchev–Trinajstić information content (AvgIpc) is 2.29. The fourth-order valence-corrected chi connectivity index (χ4v) is 8.08. The molecule has 1 heterocycles. The molecule has 82 valence electrons. The normalized spacial score (nSPS) is 27.9. The van der Waals surface area contributed by atoms with Crippen LogP contribution in [0, 0.1) is 0 Å². The molecule has 4 unspecified atom stereocenters. The summed E-state index contributed by atoms with van der Waals surface area (Å²) in [5.41, 5.74) is 3.68. The van der Waals surface area contributed by atoms with Gasteiger partial charge < -0.3 is 0 Å². The van der Waals surface area contributed by atoms with Crippen molar-refractivity contribution in [3.05, 3.63) is 29.6 Å². The summed E-state index contributed by atoms with van der Waals surface area (Å²) in [6.45, 7) is 2.35. The molecule has 0 saturated carbocycles. The fourth-order valence-electron chi connectivity index (χ4n) is 2.28. The predicted octanol–water partition coefficient (Wildman–Crippen LogP) is 4.16. The van der Waals surface area contributed by atoms with Crippen molar-refractivity contribution in [2.24, 2.45) is 0 Å². The minimum atomic E-state index is 0.107. The maximum atomic E-state index is 4.56. The Kier molecular flexibility index (Phi) is 4.50. The number of aromatic nitrogens is 1. The van der Waals surface area contributed by atoms with Gasteiger partial charge in [-0.2, -0.15) is 0 Å². The van der Waals surface area contributed by atoms with Gasteiger partial charge in [0.2, 0.25) is 0 Å². The molecule has 0 saturated heterocycles. The van der Waals surface area contributed by atoms with Crippen molar-refractivity contribution >= 4 is 33.1 Å². The van der Waals surface area contributed by atoms with Crippen molar-refractivity contribution in [1.82, 2.24) is 4.98 Å². The number of hydrogen-bond donors (Lipinski definition) is 0. The Labute approximate surface area is 99.2 Å². The van der Waals surface area contributed by atoms with Gasteiger partial charge in [-0.3, -0.25) is 4.98 Å². The second kappa shape index (κ2) is 5.47. The summed E-state index contributed by atoms with van der Waals surface area (Å²) in [4.78, 5) is 4.56. The van der Waals surface area contributed by atoms with Gasteiger partial charge in [0.1, 0.15) is 0 Å². The van der Waals surface area contributed by atoms with Crippen LogP contribution in [0.4, 0.5) is 0 Å². The molecule has 0 spiro atoms. The van der Waals surface area contributed by atoms with E-state index in [4.69, 9.17) is 0 Å². The number of nitrogens with zero attached hydrogens (tertiary/aromatic N) is 1. The number of fused-ring (bicyclic) bond motifs is 1. The largest absolute Gasteiger partial charge is 0.261 e. The molecule has 0 N–H and O–H groups in total. The zero-order valence-electron chi connectivity index (χ0n) is 8.85. The first-order valence-corrected chi connectivity index (χ1v) is 11.9. The van der Waals surface area contributed by atoms with E-state index in [2.05, 4.69) is 41.9 Å². The van der Waals surface area contributed by atoms with Crippen molar-refractivity contribution in [3.63, 3.8) is 0 Å². The Hall–Kier alpha value is 0.870. The highest BCUT2D eigenvalue weighted by Crippen LogP contribution is 2.72. The molecule has 0 bridgehead atoms. The van der Waals surface area contributed by atoms with Gasteiger partial charge in [-0.05, 0) is 30.1 Å². The highest BCUT2D eigenvalue weighted by molar-refractivity contribution is 8.61. The SMILES string of the molecule is C[C@H]1c2ncccc2CC[C@@H]1P(P)PP. The van der Waals surface area contributed by atoms with Gasteiger partial charge in [0.05, 0.1) is 0 Å². The smallest absolute Gasteiger partial charge is 0.0470 e. The third kappa shape index (κ3) is 2.58. The van der Waals surface area contributed by atoms with Crippen molar-refractivity contribution in [2.75, 3.05) is 0 Å². The first-order chi connectivity index (χ1) is 7.24. The number of aryl methyl sites for hydroxylation is 1. The fraction of sp³-hybridized carbons (Fsp3) is 0.500. The van der Waals surface area contributed by atoms with Crippen LogP contribution >= 0.6 is 33.1 Å². The van der Waals surface area contributed by atoms with E-state index >= 15 is 0 Å². The van der Waals surface area contributed by atoms with E-state index in [1.54, 1.807) is 0 Å². The summed E-state index contributed by atoms with van der Waals surface area (Å²) < 4.78 is 0. The topological polar surface area (TPSA) is 12.9 Å². The number of hydrogen-bond acceptors (Lipinski definition) is 1.